The summed E-state index contributed by atoms with van der Waals surface area (Å²) >= 11 is 3.44. The van der Waals surface area contributed by atoms with Crippen molar-refractivity contribution in [2.24, 2.45) is 0 Å². The number of nitrogens with one attached hydrogen (secondary N) is 1. The van der Waals surface area contributed by atoms with Crippen molar-refractivity contribution in [3.8, 4) is 0 Å². The molecule has 8 nitrogen and oxygen atoms in total. The molecule has 0 saturated heterocycles. The lowest BCUT2D eigenvalue weighted by molar-refractivity contribution is 0.0523. The van der Waals surface area contributed by atoms with Crippen LogP contribution in [-0.2, 0) is 11.2 Å². The molecule has 2 heterocycles. The molecular formula is C33H37BrN4O4. The van der Waals surface area contributed by atoms with E-state index < -0.39 is 17.7 Å². The van der Waals surface area contributed by atoms with Crippen LogP contribution in [0.1, 0.15) is 73.8 Å². The Morgan fingerprint density at radius 2 is 1.71 bits per heavy atom. The van der Waals surface area contributed by atoms with Crippen molar-refractivity contribution in [3.05, 3.63) is 116 Å². The van der Waals surface area contributed by atoms with Crippen LogP contribution in [0.15, 0.2) is 88.3 Å². The summed E-state index contributed by atoms with van der Waals surface area (Å²) in [5, 5.41) is 2.78. The number of amides is 2. The molecule has 1 unspecified atom stereocenters. The Kier molecular flexibility index (Phi) is 10.2. The number of pyridine rings is 1. The molecule has 1 N–H and O–H groups in total. The fourth-order valence-corrected chi connectivity index (χ4v) is 5.12. The number of aromatic nitrogens is 2. The Hall–Kier alpha value is -3.98. The molecule has 0 spiro atoms. The van der Waals surface area contributed by atoms with Crippen molar-refractivity contribution in [1.82, 2.24) is 19.6 Å². The van der Waals surface area contributed by atoms with E-state index in [1.54, 1.807) is 39.8 Å². The average molecular weight is 634 g/mol. The van der Waals surface area contributed by atoms with Gasteiger partial charge < -0.3 is 15.0 Å². The minimum absolute atomic E-state index is 0.152. The summed E-state index contributed by atoms with van der Waals surface area (Å²) in [5.41, 5.74) is 2.41. The summed E-state index contributed by atoms with van der Waals surface area (Å²) in [6.07, 6.45) is 2.63. The van der Waals surface area contributed by atoms with Crippen molar-refractivity contribution in [2.45, 2.75) is 58.6 Å². The van der Waals surface area contributed by atoms with Crippen LogP contribution in [0.3, 0.4) is 0 Å². The van der Waals surface area contributed by atoms with Gasteiger partial charge in [-0.15, -0.1) is 0 Å². The third-order valence-corrected chi connectivity index (χ3v) is 7.29. The van der Waals surface area contributed by atoms with Crippen molar-refractivity contribution < 1.29 is 14.3 Å². The van der Waals surface area contributed by atoms with Gasteiger partial charge in [-0.05, 0) is 75.6 Å². The number of carbonyl (C=O) groups excluding carboxylic acids is 2. The lowest BCUT2D eigenvalue weighted by atomic mass is 9.97. The molecule has 0 aliphatic rings. The first kappa shape index (κ1) is 31.0. The molecule has 0 radical (unpaired) electrons. The summed E-state index contributed by atoms with van der Waals surface area (Å²) in [4.78, 5) is 46.9. The fraction of sp³-hybridized carbons (Fsp3) is 0.333. The van der Waals surface area contributed by atoms with E-state index >= 15 is 0 Å². The molecule has 0 bridgehead atoms. The molecule has 2 aromatic heterocycles. The topological polar surface area (TPSA) is 93.0 Å². The Morgan fingerprint density at radius 3 is 2.38 bits per heavy atom. The first-order valence-electron chi connectivity index (χ1n) is 14.1. The van der Waals surface area contributed by atoms with Crippen LogP contribution >= 0.6 is 15.9 Å². The smallest absolute Gasteiger partial charge is 0.407 e. The summed E-state index contributed by atoms with van der Waals surface area (Å²) < 4.78 is 7.78. The fourth-order valence-electron chi connectivity index (χ4n) is 4.86. The van der Waals surface area contributed by atoms with Crippen LogP contribution in [0.2, 0.25) is 0 Å². The number of ether oxygens (including phenoxy) is 1. The number of hydrogen-bond acceptors (Lipinski definition) is 5. The Balaban J connectivity index is 1.73. The molecule has 4 aromatic rings. The van der Waals surface area contributed by atoms with Gasteiger partial charge in [-0.1, -0.05) is 59.3 Å². The molecular weight excluding hydrogens is 596 g/mol. The average Bonchev–Trinajstić information content (AvgIpc) is 2.96. The van der Waals surface area contributed by atoms with Crippen LogP contribution in [0.25, 0.3) is 5.65 Å². The van der Waals surface area contributed by atoms with Crippen LogP contribution in [-0.4, -0.2) is 45.0 Å². The first-order chi connectivity index (χ1) is 20.1. The van der Waals surface area contributed by atoms with Gasteiger partial charge in [0.15, 0.2) is 0 Å². The van der Waals surface area contributed by atoms with Gasteiger partial charge in [0.1, 0.15) is 11.2 Å². The van der Waals surface area contributed by atoms with Gasteiger partial charge in [0.05, 0.1) is 11.7 Å². The monoisotopic (exact) mass is 632 g/mol. The minimum atomic E-state index is -0.605. The van der Waals surface area contributed by atoms with Gasteiger partial charge in [-0.3, -0.25) is 14.0 Å². The number of rotatable bonds is 10. The van der Waals surface area contributed by atoms with Gasteiger partial charge >= 0.3 is 6.09 Å². The molecule has 0 aliphatic carbocycles. The van der Waals surface area contributed by atoms with Gasteiger partial charge in [0, 0.05) is 41.3 Å². The third-order valence-electron chi connectivity index (χ3n) is 6.76. The van der Waals surface area contributed by atoms with E-state index in [1.807, 2.05) is 76.2 Å². The number of halogens is 1. The largest absolute Gasteiger partial charge is 0.444 e. The molecule has 0 aliphatic heterocycles. The second kappa shape index (κ2) is 13.8. The minimum Gasteiger partial charge on any atom is -0.444 e. The Bertz CT molecular complexity index is 1580. The maximum atomic E-state index is 14.1. The van der Waals surface area contributed by atoms with E-state index in [9.17, 15) is 14.4 Å². The molecule has 2 aromatic carbocycles. The normalized spacial score (nSPS) is 12.1. The number of fused-ring (bicyclic) bond motifs is 1. The SMILES string of the molecule is CCC(c1nc2ccccn2c(=O)c1Cc1ccccc1)N(CCCNC(=O)OC(C)(C)C)C(=O)c1ccc(Br)cc1. The van der Waals surface area contributed by atoms with E-state index in [0.29, 0.717) is 54.8 Å². The zero-order valence-electron chi connectivity index (χ0n) is 24.5. The molecule has 0 fully saturated rings. The highest BCUT2D eigenvalue weighted by molar-refractivity contribution is 9.10. The van der Waals surface area contributed by atoms with E-state index in [2.05, 4.69) is 21.2 Å². The second-order valence-corrected chi connectivity index (χ2v) is 12.0. The highest BCUT2D eigenvalue weighted by atomic mass is 79.9. The quantitative estimate of drug-likeness (QED) is 0.200. The summed E-state index contributed by atoms with van der Waals surface area (Å²) in [7, 11) is 0. The van der Waals surface area contributed by atoms with Gasteiger partial charge in [0.25, 0.3) is 11.5 Å². The van der Waals surface area contributed by atoms with Crippen molar-refractivity contribution in [2.75, 3.05) is 13.1 Å². The van der Waals surface area contributed by atoms with Crippen LogP contribution < -0.4 is 10.9 Å². The zero-order valence-corrected chi connectivity index (χ0v) is 26.1. The summed E-state index contributed by atoms with van der Waals surface area (Å²) in [6.45, 7) is 8.08. The summed E-state index contributed by atoms with van der Waals surface area (Å²) in [5.74, 6) is -0.174. The molecule has 2 amide bonds. The standard InChI is InChI=1S/C33H37BrN4O4/c1-5-27(29-26(22-23-12-7-6-8-13-23)31(40)38-20-10-9-14-28(38)36-29)37(30(39)24-15-17-25(34)18-16-24)21-11-19-35-32(41)42-33(2,3)4/h6-10,12-18,20,27H,5,11,19,21-22H2,1-4H3,(H,35,41). The number of benzene rings is 2. The lowest BCUT2D eigenvalue weighted by Crippen LogP contribution is -2.39. The predicted octanol–water partition coefficient (Wildman–Crippen LogP) is 6.56. The molecule has 220 valence electrons. The second-order valence-electron chi connectivity index (χ2n) is 11.1. The predicted molar refractivity (Wildman–Crippen MR) is 168 cm³/mol. The maximum Gasteiger partial charge on any atom is 0.407 e. The molecule has 4 rings (SSSR count). The van der Waals surface area contributed by atoms with E-state index in [0.717, 1.165) is 10.0 Å². The van der Waals surface area contributed by atoms with Crippen molar-refractivity contribution >= 4 is 33.6 Å². The Labute approximate surface area is 254 Å². The van der Waals surface area contributed by atoms with E-state index in [4.69, 9.17) is 9.72 Å². The third kappa shape index (κ3) is 7.85. The van der Waals surface area contributed by atoms with Gasteiger partial charge in [-0.2, -0.15) is 0 Å². The number of carbonyl (C=O) groups is 2. The van der Waals surface area contributed by atoms with Crippen LogP contribution in [0.5, 0.6) is 0 Å². The van der Waals surface area contributed by atoms with E-state index in [1.165, 1.54) is 0 Å². The van der Waals surface area contributed by atoms with Gasteiger partial charge in [-0.25, -0.2) is 9.78 Å². The molecule has 9 heteroatoms. The molecule has 42 heavy (non-hydrogen) atoms. The highest BCUT2D eigenvalue weighted by Crippen LogP contribution is 2.29. The molecule has 0 saturated carbocycles. The summed E-state index contributed by atoms with van der Waals surface area (Å²) in [6, 6.07) is 22.0. The van der Waals surface area contributed by atoms with Crippen molar-refractivity contribution in [1.29, 1.82) is 0 Å². The first-order valence-corrected chi connectivity index (χ1v) is 14.9. The number of nitrogens with zero attached hydrogens (tertiary/aromatic N) is 3. The van der Waals surface area contributed by atoms with Crippen LogP contribution in [0.4, 0.5) is 4.79 Å². The molecule has 1 atom stereocenters. The van der Waals surface area contributed by atoms with Crippen molar-refractivity contribution in [3.63, 3.8) is 0 Å². The van der Waals surface area contributed by atoms with E-state index in [-0.39, 0.29) is 11.5 Å². The van der Waals surface area contributed by atoms with Crippen LogP contribution in [0, 0.1) is 0 Å². The maximum absolute atomic E-state index is 14.1. The zero-order chi connectivity index (χ0) is 30.3. The lowest BCUT2D eigenvalue weighted by Gasteiger charge is -2.32. The number of hydrogen-bond donors (Lipinski definition) is 1. The Morgan fingerprint density at radius 1 is 1.02 bits per heavy atom. The number of alkyl carbamates (subject to hydrolysis) is 1. The highest BCUT2D eigenvalue weighted by Gasteiger charge is 2.30. The van der Waals surface area contributed by atoms with Gasteiger partial charge in [0.2, 0.25) is 0 Å².